The molecule has 1 aromatic heterocycles. The Labute approximate surface area is 89.9 Å². The van der Waals surface area contributed by atoms with Gasteiger partial charge in [-0.2, -0.15) is 0 Å². The van der Waals surface area contributed by atoms with Crippen molar-refractivity contribution in [1.82, 2.24) is 4.98 Å². The molecule has 0 fully saturated rings. The summed E-state index contributed by atoms with van der Waals surface area (Å²) in [5, 5.41) is 0. The third-order valence-electron chi connectivity index (χ3n) is 2.18. The predicted molar refractivity (Wildman–Crippen MR) is 59.4 cm³/mol. The van der Waals surface area contributed by atoms with Gasteiger partial charge in [0.25, 0.3) is 0 Å². The van der Waals surface area contributed by atoms with Crippen molar-refractivity contribution in [2.45, 2.75) is 6.92 Å². The largest absolute Gasteiger partial charge is 0.383 e. The van der Waals surface area contributed by atoms with Crippen LogP contribution in [0.5, 0.6) is 0 Å². The summed E-state index contributed by atoms with van der Waals surface area (Å²) in [6.45, 7) is 4.41. The molecule has 0 saturated carbocycles. The molecule has 82 valence electrons. The van der Waals surface area contributed by atoms with Gasteiger partial charge in [0.1, 0.15) is 5.82 Å². The Hall–Kier alpha value is -1.42. The Morgan fingerprint density at radius 3 is 2.80 bits per heavy atom. The van der Waals surface area contributed by atoms with Gasteiger partial charge in [-0.15, -0.1) is 0 Å². The average molecular weight is 208 g/mol. The number of aldehydes is 1. The van der Waals surface area contributed by atoms with Crippen LogP contribution in [-0.2, 0) is 4.74 Å². The van der Waals surface area contributed by atoms with Crippen LogP contribution in [0.3, 0.4) is 0 Å². The second-order valence-corrected chi connectivity index (χ2v) is 3.14. The summed E-state index contributed by atoms with van der Waals surface area (Å²) in [5.41, 5.74) is 0.599. The van der Waals surface area contributed by atoms with Gasteiger partial charge in [-0.05, 0) is 19.1 Å². The van der Waals surface area contributed by atoms with E-state index >= 15 is 0 Å². The van der Waals surface area contributed by atoms with E-state index in [0.29, 0.717) is 12.2 Å². The van der Waals surface area contributed by atoms with Crippen molar-refractivity contribution in [3.63, 3.8) is 0 Å². The quantitative estimate of drug-likeness (QED) is 0.662. The fourth-order valence-corrected chi connectivity index (χ4v) is 1.29. The van der Waals surface area contributed by atoms with Gasteiger partial charge in [0.15, 0.2) is 6.29 Å². The van der Waals surface area contributed by atoms with Crippen LogP contribution in [0.25, 0.3) is 0 Å². The first-order chi connectivity index (χ1) is 7.31. The lowest BCUT2D eigenvalue weighted by Crippen LogP contribution is -2.27. The lowest BCUT2D eigenvalue weighted by molar-refractivity contribution is 0.112. The molecule has 4 nitrogen and oxygen atoms in total. The zero-order chi connectivity index (χ0) is 11.1. The fraction of sp³-hybridized carbons (Fsp3) is 0.455. The van der Waals surface area contributed by atoms with Gasteiger partial charge in [-0.1, -0.05) is 0 Å². The fourth-order valence-electron chi connectivity index (χ4n) is 1.29. The van der Waals surface area contributed by atoms with Gasteiger partial charge in [-0.3, -0.25) is 4.79 Å². The number of anilines is 1. The van der Waals surface area contributed by atoms with E-state index in [2.05, 4.69) is 16.8 Å². The van der Waals surface area contributed by atoms with Gasteiger partial charge in [-0.25, -0.2) is 4.98 Å². The molecule has 0 aliphatic heterocycles. The highest BCUT2D eigenvalue weighted by atomic mass is 16.5. The number of nitrogens with zero attached hydrogens (tertiary/aromatic N) is 2. The van der Waals surface area contributed by atoms with Gasteiger partial charge in [0.05, 0.1) is 6.61 Å². The number of aromatic nitrogens is 1. The van der Waals surface area contributed by atoms with Crippen LogP contribution in [0.4, 0.5) is 5.82 Å². The van der Waals surface area contributed by atoms with E-state index in [1.165, 1.54) is 0 Å². The second kappa shape index (κ2) is 6.14. The van der Waals surface area contributed by atoms with E-state index in [9.17, 15) is 4.79 Å². The van der Waals surface area contributed by atoms with E-state index < -0.39 is 0 Å². The van der Waals surface area contributed by atoms with Crippen LogP contribution >= 0.6 is 0 Å². The van der Waals surface area contributed by atoms with Crippen LogP contribution in [0, 0.1) is 0 Å². The maximum absolute atomic E-state index is 10.5. The second-order valence-electron chi connectivity index (χ2n) is 3.14. The first-order valence-corrected chi connectivity index (χ1v) is 4.97. The van der Waals surface area contributed by atoms with Crippen LogP contribution in [-0.4, -0.2) is 38.1 Å². The highest BCUT2D eigenvalue weighted by Gasteiger charge is 2.04. The molecule has 0 radical (unpaired) electrons. The van der Waals surface area contributed by atoms with Crippen LogP contribution in [0.1, 0.15) is 17.3 Å². The first-order valence-electron chi connectivity index (χ1n) is 4.97. The Balaban J connectivity index is 2.69. The molecular weight excluding hydrogens is 192 g/mol. The summed E-state index contributed by atoms with van der Waals surface area (Å²) in [7, 11) is 1.68. The van der Waals surface area contributed by atoms with Gasteiger partial charge in [0.2, 0.25) is 0 Å². The minimum Gasteiger partial charge on any atom is -0.383 e. The van der Waals surface area contributed by atoms with Crippen molar-refractivity contribution in [2.75, 3.05) is 31.7 Å². The average Bonchev–Trinajstić information content (AvgIpc) is 2.31. The molecule has 0 unspecified atom stereocenters. The number of carbonyl (C=O) groups excluding carboxylic acids is 1. The molecule has 0 N–H and O–H groups in total. The standard InChI is InChI=1S/C11H16N2O2/c1-3-13(6-7-15-2)11-5-4-10(9-14)8-12-11/h4-5,8-9H,3,6-7H2,1-2H3. The molecule has 0 aliphatic carbocycles. The van der Waals surface area contributed by atoms with Crippen molar-refractivity contribution in [3.8, 4) is 0 Å². The summed E-state index contributed by atoms with van der Waals surface area (Å²) < 4.78 is 5.01. The number of pyridine rings is 1. The number of likely N-dealkylation sites (N-methyl/N-ethyl adjacent to an activating group) is 1. The summed E-state index contributed by atoms with van der Waals surface area (Å²) >= 11 is 0. The van der Waals surface area contributed by atoms with Crippen molar-refractivity contribution in [1.29, 1.82) is 0 Å². The van der Waals surface area contributed by atoms with Gasteiger partial charge >= 0.3 is 0 Å². The van der Waals surface area contributed by atoms with Crippen molar-refractivity contribution < 1.29 is 9.53 Å². The molecule has 0 spiro atoms. The molecule has 0 aliphatic rings. The maximum atomic E-state index is 10.5. The van der Waals surface area contributed by atoms with Crippen molar-refractivity contribution in [3.05, 3.63) is 23.9 Å². The molecule has 15 heavy (non-hydrogen) atoms. The Morgan fingerprint density at radius 2 is 2.33 bits per heavy atom. The molecule has 0 aromatic carbocycles. The van der Waals surface area contributed by atoms with Crippen LogP contribution in [0.15, 0.2) is 18.3 Å². The Bertz CT molecular complexity index is 298. The first kappa shape index (κ1) is 11.7. The topological polar surface area (TPSA) is 42.4 Å². The van der Waals surface area contributed by atoms with E-state index in [0.717, 1.165) is 25.2 Å². The number of rotatable bonds is 6. The molecular formula is C11H16N2O2. The van der Waals surface area contributed by atoms with E-state index in [1.807, 2.05) is 6.07 Å². The zero-order valence-corrected chi connectivity index (χ0v) is 9.14. The van der Waals surface area contributed by atoms with Gasteiger partial charge in [0, 0.05) is 32.0 Å². The van der Waals surface area contributed by atoms with Gasteiger partial charge < -0.3 is 9.64 Å². The van der Waals surface area contributed by atoms with E-state index in [1.54, 1.807) is 19.4 Å². The SMILES string of the molecule is CCN(CCOC)c1ccc(C=O)cn1. The predicted octanol–water partition coefficient (Wildman–Crippen LogP) is 1.37. The smallest absolute Gasteiger partial charge is 0.151 e. The highest BCUT2D eigenvalue weighted by molar-refractivity contribution is 5.74. The molecule has 0 atom stereocenters. The third-order valence-corrected chi connectivity index (χ3v) is 2.18. The van der Waals surface area contributed by atoms with E-state index in [4.69, 9.17) is 4.74 Å². The minimum atomic E-state index is 0.599. The molecule has 1 heterocycles. The summed E-state index contributed by atoms with van der Waals surface area (Å²) in [6.07, 6.45) is 2.38. The van der Waals surface area contributed by atoms with Crippen molar-refractivity contribution >= 4 is 12.1 Å². The number of methoxy groups -OCH3 is 1. The molecule has 0 amide bonds. The lowest BCUT2D eigenvalue weighted by Gasteiger charge is -2.21. The Morgan fingerprint density at radius 1 is 1.53 bits per heavy atom. The number of ether oxygens (including phenoxy) is 1. The van der Waals surface area contributed by atoms with Crippen LogP contribution < -0.4 is 4.90 Å². The third kappa shape index (κ3) is 3.32. The summed E-state index contributed by atoms with van der Waals surface area (Å²) in [5.74, 6) is 0.875. The number of hydrogen-bond donors (Lipinski definition) is 0. The highest BCUT2D eigenvalue weighted by Crippen LogP contribution is 2.09. The zero-order valence-electron chi connectivity index (χ0n) is 9.14. The summed E-state index contributed by atoms with van der Waals surface area (Å²) in [6, 6.07) is 3.62. The summed E-state index contributed by atoms with van der Waals surface area (Å²) in [4.78, 5) is 16.8. The number of hydrogen-bond acceptors (Lipinski definition) is 4. The molecule has 1 rings (SSSR count). The Kier molecular flexibility index (Phi) is 4.77. The van der Waals surface area contributed by atoms with Crippen molar-refractivity contribution in [2.24, 2.45) is 0 Å². The van der Waals surface area contributed by atoms with Crippen LogP contribution in [0.2, 0.25) is 0 Å². The normalized spacial score (nSPS) is 10.0. The molecule has 1 aromatic rings. The molecule has 0 saturated heterocycles. The molecule has 0 bridgehead atoms. The number of carbonyl (C=O) groups is 1. The minimum absolute atomic E-state index is 0.599. The maximum Gasteiger partial charge on any atom is 0.151 e. The molecule has 4 heteroatoms. The lowest BCUT2D eigenvalue weighted by atomic mass is 10.3. The van der Waals surface area contributed by atoms with E-state index in [-0.39, 0.29) is 0 Å². The monoisotopic (exact) mass is 208 g/mol.